The molecule has 1 aromatic heterocycles. The number of hydrogen-bond acceptors (Lipinski definition) is 6. The smallest absolute Gasteiger partial charge is 0.358 e. The van der Waals surface area contributed by atoms with Crippen molar-refractivity contribution in [1.82, 2.24) is 9.97 Å². The second-order valence-corrected chi connectivity index (χ2v) is 4.54. The Balaban J connectivity index is 2.60. The largest absolute Gasteiger partial charge is 0.464 e. The first kappa shape index (κ1) is 12.6. The number of esters is 1. The van der Waals surface area contributed by atoms with Crippen LogP contribution in [0.2, 0.25) is 0 Å². The third-order valence-electron chi connectivity index (χ3n) is 1.72. The summed E-state index contributed by atoms with van der Waals surface area (Å²) in [6.45, 7) is 0.516. The summed E-state index contributed by atoms with van der Waals surface area (Å²) in [5.74, 6) is 0.452. The molecule has 16 heavy (non-hydrogen) atoms. The Morgan fingerprint density at radius 2 is 2.31 bits per heavy atom. The molecule has 1 atom stereocenters. The van der Waals surface area contributed by atoms with E-state index in [-0.39, 0.29) is 5.69 Å². The third kappa shape index (κ3) is 3.93. The van der Waals surface area contributed by atoms with Crippen molar-refractivity contribution in [3.05, 3.63) is 18.1 Å². The molecule has 1 rings (SSSR count). The number of methoxy groups -OCH3 is 1. The second-order valence-electron chi connectivity index (χ2n) is 2.99. The Morgan fingerprint density at radius 1 is 1.56 bits per heavy atom. The molecule has 1 N–H and O–H groups in total. The topological polar surface area (TPSA) is 81.2 Å². The fourth-order valence-electron chi connectivity index (χ4n) is 0.977. The van der Waals surface area contributed by atoms with Gasteiger partial charge in [-0.25, -0.2) is 9.78 Å². The molecule has 0 aliphatic rings. The van der Waals surface area contributed by atoms with Gasteiger partial charge in [0.1, 0.15) is 5.82 Å². The van der Waals surface area contributed by atoms with Crippen molar-refractivity contribution in [1.29, 1.82) is 0 Å². The molecule has 0 aliphatic heterocycles. The summed E-state index contributed by atoms with van der Waals surface area (Å²) in [5.41, 5.74) is 0.144. The average Bonchev–Trinajstić information content (AvgIpc) is 2.28. The molecular formula is C9H13N3O3S. The van der Waals surface area contributed by atoms with Crippen LogP contribution in [-0.2, 0) is 15.5 Å². The fraction of sp³-hybridized carbons (Fsp3) is 0.444. The summed E-state index contributed by atoms with van der Waals surface area (Å²) in [5, 5.41) is 2.92. The van der Waals surface area contributed by atoms with Crippen LogP contribution in [0.1, 0.15) is 10.5 Å². The molecule has 0 fully saturated rings. The zero-order valence-corrected chi connectivity index (χ0v) is 9.91. The van der Waals surface area contributed by atoms with Crippen molar-refractivity contribution in [3.8, 4) is 0 Å². The van der Waals surface area contributed by atoms with Crippen LogP contribution >= 0.6 is 0 Å². The second kappa shape index (κ2) is 6.16. The number of nitrogens with zero attached hydrogens (tertiary/aromatic N) is 2. The van der Waals surface area contributed by atoms with Gasteiger partial charge in [0.2, 0.25) is 0 Å². The number of rotatable bonds is 5. The number of nitrogens with one attached hydrogen (secondary N) is 1. The lowest BCUT2D eigenvalue weighted by atomic mass is 10.4. The van der Waals surface area contributed by atoms with Gasteiger partial charge in [0.05, 0.1) is 19.5 Å². The van der Waals surface area contributed by atoms with E-state index in [2.05, 4.69) is 20.0 Å². The van der Waals surface area contributed by atoms with Gasteiger partial charge in [-0.1, -0.05) is 0 Å². The summed E-state index contributed by atoms with van der Waals surface area (Å²) >= 11 is 0. The van der Waals surface area contributed by atoms with Crippen molar-refractivity contribution in [3.63, 3.8) is 0 Å². The molecular weight excluding hydrogens is 230 g/mol. The van der Waals surface area contributed by atoms with Gasteiger partial charge in [-0.15, -0.1) is 0 Å². The van der Waals surface area contributed by atoms with Gasteiger partial charge in [0.25, 0.3) is 0 Å². The van der Waals surface area contributed by atoms with E-state index in [0.29, 0.717) is 18.1 Å². The Labute approximate surface area is 95.9 Å². The summed E-state index contributed by atoms with van der Waals surface area (Å²) in [6.07, 6.45) is 4.44. The van der Waals surface area contributed by atoms with Gasteiger partial charge >= 0.3 is 5.97 Å². The van der Waals surface area contributed by atoms with Crippen LogP contribution in [0.4, 0.5) is 5.82 Å². The number of carbonyl (C=O) groups excluding carboxylic acids is 1. The fourth-order valence-corrected chi connectivity index (χ4v) is 1.37. The van der Waals surface area contributed by atoms with E-state index in [1.807, 2.05) is 0 Å². The van der Waals surface area contributed by atoms with E-state index in [4.69, 9.17) is 0 Å². The van der Waals surface area contributed by atoms with Gasteiger partial charge in [-0.3, -0.25) is 9.19 Å². The van der Waals surface area contributed by atoms with E-state index in [9.17, 15) is 9.00 Å². The standard InChI is InChI=1S/C9H13N3O3S/c1-15-9(13)7-5-10-6-8(12-7)11-3-4-16(2)14/h5-6H,3-4H2,1-2H3,(H,11,12). The predicted octanol–water partition coefficient (Wildman–Crippen LogP) is 0.0536. The highest BCUT2D eigenvalue weighted by Gasteiger charge is 2.07. The van der Waals surface area contributed by atoms with Crippen molar-refractivity contribution < 1.29 is 13.7 Å². The molecule has 0 spiro atoms. The Kier molecular flexibility index (Phi) is 4.84. The summed E-state index contributed by atoms with van der Waals surface area (Å²) in [7, 11) is 0.425. The van der Waals surface area contributed by atoms with Gasteiger partial charge in [-0.2, -0.15) is 0 Å². The summed E-state index contributed by atoms with van der Waals surface area (Å²) < 4.78 is 15.3. The average molecular weight is 243 g/mol. The predicted molar refractivity (Wildman–Crippen MR) is 60.8 cm³/mol. The highest BCUT2D eigenvalue weighted by atomic mass is 32.2. The quantitative estimate of drug-likeness (QED) is 0.736. The van der Waals surface area contributed by atoms with Crippen molar-refractivity contribution >= 4 is 22.6 Å². The first-order valence-corrected chi connectivity index (χ1v) is 6.30. The van der Waals surface area contributed by atoms with Gasteiger partial charge < -0.3 is 10.1 Å². The number of anilines is 1. The molecule has 1 heterocycles. The lowest BCUT2D eigenvalue weighted by molar-refractivity contribution is 0.0593. The van der Waals surface area contributed by atoms with Crippen LogP contribution in [0.15, 0.2) is 12.4 Å². The molecule has 0 amide bonds. The number of ether oxygens (including phenoxy) is 1. The minimum atomic E-state index is -0.857. The van der Waals surface area contributed by atoms with E-state index in [1.165, 1.54) is 19.5 Å². The molecule has 0 saturated carbocycles. The molecule has 1 unspecified atom stereocenters. The maximum atomic E-state index is 11.1. The molecule has 0 radical (unpaired) electrons. The lowest BCUT2D eigenvalue weighted by Crippen LogP contribution is -2.13. The van der Waals surface area contributed by atoms with Gasteiger partial charge in [0, 0.05) is 29.4 Å². The summed E-state index contributed by atoms with van der Waals surface area (Å²) in [4.78, 5) is 19.0. The maximum Gasteiger partial charge on any atom is 0.358 e. The minimum absolute atomic E-state index is 0.144. The van der Waals surface area contributed by atoms with E-state index >= 15 is 0 Å². The zero-order chi connectivity index (χ0) is 12.0. The van der Waals surface area contributed by atoms with Crippen molar-refractivity contribution in [2.75, 3.05) is 31.0 Å². The zero-order valence-electron chi connectivity index (χ0n) is 9.10. The SMILES string of the molecule is COC(=O)c1cncc(NCCS(C)=O)n1. The highest BCUT2D eigenvalue weighted by Crippen LogP contribution is 2.02. The number of hydrogen-bond donors (Lipinski definition) is 1. The van der Waals surface area contributed by atoms with Crippen LogP contribution in [0.25, 0.3) is 0 Å². The molecule has 0 aromatic carbocycles. The van der Waals surface area contributed by atoms with E-state index in [0.717, 1.165) is 0 Å². The van der Waals surface area contributed by atoms with Crippen LogP contribution in [0.3, 0.4) is 0 Å². The highest BCUT2D eigenvalue weighted by molar-refractivity contribution is 7.84. The van der Waals surface area contributed by atoms with Crippen LogP contribution in [-0.4, -0.2) is 45.8 Å². The molecule has 6 nitrogen and oxygen atoms in total. The Bertz CT molecular complexity index is 397. The minimum Gasteiger partial charge on any atom is -0.464 e. The van der Waals surface area contributed by atoms with E-state index < -0.39 is 16.8 Å². The molecule has 0 bridgehead atoms. The molecule has 0 saturated heterocycles. The van der Waals surface area contributed by atoms with Crippen molar-refractivity contribution in [2.45, 2.75) is 0 Å². The van der Waals surface area contributed by atoms with Gasteiger partial charge in [0.15, 0.2) is 5.69 Å². The maximum absolute atomic E-state index is 11.1. The normalized spacial score (nSPS) is 11.9. The molecule has 1 aromatic rings. The van der Waals surface area contributed by atoms with Crippen LogP contribution in [0, 0.1) is 0 Å². The molecule has 88 valence electrons. The monoisotopic (exact) mass is 243 g/mol. The Morgan fingerprint density at radius 3 is 2.94 bits per heavy atom. The van der Waals surface area contributed by atoms with E-state index in [1.54, 1.807) is 6.26 Å². The van der Waals surface area contributed by atoms with Crippen LogP contribution in [0.5, 0.6) is 0 Å². The number of carbonyl (C=O) groups is 1. The third-order valence-corrected chi connectivity index (χ3v) is 2.50. The van der Waals surface area contributed by atoms with Gasteiger partial charge in [-0.05, 0) is 0 Å². The molecule has 0 aliphatic carbocycles. The Hall–Kier alpha value is -1.50. The lowest BCUT2D eigenvalue weighted by Gasteiger charge is -2.04. The van der Waals surface area contributed by atoms with Crippen molar-refractivity contribution in [2.24, 2.45) is 0 Å². The summed E-state index contributed by atoms with van der Waals surface area (Å²) in [6, 6.07) is 0. The van der Waals surface area contributed by atoms with Crippen LogP contribution < -0.4 is 5.32 Å². The molecule has 7 heteroatoms. The first-order chi connectivity index (χ1) is 7.63. The number of aromatic nitrogens is 2. The first-order valence-electron chi connectivity index (χ1n) is 4.57.